The van der Waals surface area contributed by atoms with Crippen molar-refractivity contribution in [3.63, 3.8) is 0 Å². The van der Waals surface area contributed by atoms with E-state index in [1.165, 1.54) is 24.3 Å². The van der Waals surface area contributed by atoms with Crippen molar-refractivity contribution >= 4 is 23.2 Å². The van der Waals surface area contributed by atoms with Gasteiger partial charge in [-0.25, -0.2) is 4.98 Å². The number of halogens is 1. The van der Waals surface area contributed by atoms with Crippen LogP contribution in [-0.2, 0) is 10.3 Å². The summed E-state index contributed by atoms with van der Waals surface area (Å²) in [5.74, 6) is -0.659. The topological polar surface area (TPSA) is 179 Å². The van der Waals surface area contributed by atoms with Gasteiger partial charge in [-0.15, -0.1) is 0 Å². The molecule has 12 nitrogen and oxygen atoms in total. The second-order valence-electron chi connectivity index (χ2n) is 9.93. The number of benzene rings is 4. The Morgan fingerprint density at radius 3 is 2.09 bits per heavy atom. The average Bonchev–Trinajstić information content (AvgIpc) is 3.64. The van der Waals surface area contributed by atoms with E-state index in [1.54, 1.807) is 6.20 Å². The van der Waals surface area contributed by atoms with E-state index >= 15 is 0 Å². The summed E-state index contributed by atoms with van der Waals surface area (Å²) in [6, 6.07) is 32.9. The number of imidazole rings is 1. The normalized spacial score (nSPS) is 12.1. The molecule has 0 bridgehead atoms. The number of amides is 1. The van der Waals surface area contributed by atoms with Gasteiger partial charge in [-0.05, 0) is 40.4 Å². The molecule has 13 heteroatoms. The van der Waals surface area contributed by atoms with E-state index in [4.69, 9.17) is 17.1 Å². The van der Waals surface area contributed by atoms with Crippen molar-refractivity contribution in [3.8, 4) is 0 Å². The lowest BCUT2D eigenvalue weighted by atomic mass is 9.76. The smallest absolute Gasteiger partial charge is 0.269 e. The van der Waals surface area contributed by atoms with Crippen LogP contribution in [0.2, 0.25) is 5.02 Å². The first-order valence-electron chi connectivity index (χ1n) is 14.0. The largest absolute Gasteiger partial charge is 0.394 e. The van der Waals surface area contributed by atoms with Gasteiger partial charge in [0, 0.05) is 40.0 Å². The van der Waals surface area contributed by atoms with Crippen LogP contribution in [0.4, 0.5) is 5.69 Å². The average molecular weight is 640 g/mol. The Morgan fingerprint density at radius 1 is 1.00 bits per heavy atom. The molecule has 0 saturated heterocycles. The number of hydrogen-bond acceptors (Lipinski definition) is 7. The fourth-order valence-corrected chi connectivity index (χ4v) is 5.36. The molecule has 2 unspecified atom stereocenters. The molecule has 0 aliphatic rings. The van der Waals surface area contributed by atoms with Gasteiger partial charge in [-0.1, -0.05) is 95.6 Å². The first-order valence-corrected chi connectivity index (χ1v) is 14.4. The van der Waals surface area contributed by atoms with E-state index in [2.05, 4.69) is 79.5 Å². The first-order chi connectivity index (χ1) is 22.3. The summed E-state index contributed by atoms with van der Waals surface area (Å²) in [5.41, 5.74) is 10.9. The molecule has 3 N–H and O–H groups in total. The van der Waals surface area contributed by atoms with Crippen LogP contribution in [-0.4, -0.2) is 49.8 Å². The lowest BCUT2D eigenvalue weighted by Crippen LogP contribution is -2.42. The van der Waals surface area contributed by atoms with E-state index < -0.39 is 41.7 Å². The van der Waals surface area contributed by atoms with Gasteiger partial charge in [0.25, 0.3) is 5.69 Å². The highest BCUT2D eigenvalue weighted by molar-refractivity contribution is 6.31. The van der Waals surface area contributed by atoms with E-state index in [9.17, 15) is 25.1 Å². The van der Waals surface area contributed by atoms with Crippen molar-refractivity contribution in [2.45, 2.75) is 17.7 Å². The summed E-state index contributed by atoms with van der Waals surface area (Å²) in [7, 11) is 0. The number of carbonyl (C=O) groups is 1. The minimum Gasteiger partial charge on any atom is -0.394 e. The molecule has 234 valence electrons. The molecule has 0 fully saturated rings. The van der Waals surface area contributed by atoms with Crippen LogP contribution >= 0.6 is 11.6 Å². The summed E-state index contributed by atoms with van der Waals surface area (Å²) in [6.45, 7) is -1.01. The van der Waals surface area contributed by atoms with Gasteiger partial charge in [-0.3, -0.25) is 14.9 Å². The molecule has 1 heterocycles. The standard InChI is InChI=1S/C22H17ClN2.C11H13N5O5/c23-21-14-8-7-13-20(21)22(25-16-15-24-17-25,18-9-3-1-4-10-18)19-11-5-2-6-12-19;12-15-13-5-10(18)14-9(6-17)11(19)7-1-3-8(4-2-7)16(20)21/h1-17H;1-4,9,11,17,19H,5-6H2,(H,14,18). The van der Waals surface area contributed by atoms with Crippen LogP contribution in [0.1, 0.15) is 28.4 Å². The molecule has 0 radical (unpaired) electrons. The zero-order valence-corrected chi connectivity index (χ0v) is 25.1. The molecule has 5 rings (SSSR count). The van der Waals surface area contributed by atoms with Crippen LogP contribution in [0.3, 0.4) is 0 Å². The third-order valence-corrected chi connectivity index (χ3v) is 7.52. The molecule has 5 aromatic rings. The molecule has 0 spiro atoms. The number of nitro groups is 1. The Balaban J connectivity index is 0.000000213. The minimum atomic E-state index is -1.26. The SMILES string of the molecule is Clc1ccccc1C(c1ccccc1)(c1ccccc1)n1ccnc1.[N-]=[N+]=NCC(=O)NC(CO)C(O)c1ccc([N+](=O)[O-])cc1. The summed E-state index contributed by atoms with van der Waals surface area (Å²) >= 11 is 6.69. The highest BCUT2D eigenvalue weighted by atomic mass is 35.5. The van der Waals surface area contributed by atoms with Crippen molar-refractivity contribution in [1.82, 2.24) is 14.9 Å². The first kappa shape index (κ1) is 33.4. The molecule has 4 aromatic carbocycles. The predicted octanol–water partition coefficient (Wildman–Crippen LogP) is 5.79. The molecule has 46 heavy (non-hydrogen) atoms. The van der Waals surface area contributed by atoms with E-state index in [-0.39, 0.29) is 5.69 Å². The number of non-ortho nitro benzene ring substituents is 1. The van der Waals surface area contributed by atoms with Crippen LogP contribution in [0.5, 0.6) is 0 Å². The number of carbonyl (C=O) groups excluding carboxylic acids is 1. The van der Waals surface area contributed by atoms with E-state index in [1.807, 2.05) is 42.9 Å². The summed E-state index contributed by atoms with van der Waals surface area (Å²) < 4.78 is 2.12. The lowest BCUT2D eigenvalue weighted by molar-refractivity contribution is -0.384. The third kappa shape index (κ3) is 7.57. The van der Waals surface area contributed by atoms with Crippen molar-refractivity contribution in [2.24, 2.45) is 5.11 Å². The maximum Gasteiger partial charge on any atom is 0.269 e. The number of nitro benzene ring substituents is 1. The second-order valence-corrected chi connectivity index (χ2v) is 10.3. The summed E-state index contributed by atoms with van der Waals surface area (Å²) in [6.07, 6.45) is 4.38. The number of hydrogen-bond donors (Lipinski definition) is 3. The molecule has 0 aliphatic heterocycles. The van der Waals surface area contributed by atoms with Gasteiger partial charge >= 0.3 is 0 Å². The quantitative estimate of drug-likeness (QED) is 0.0411. The van der Waals surface area contributed by atoms with Crippen molar-refractivity contribution in [2.75, 3.05) is 13.2 Å². The van der Waals surface area contributed by atoms with Gasteiger partial charge in [0.05, 0.1) is 23.9 Å². The molecule has 2 atom stereocenters. The van der Waals surface area contributed by atoms with Gasteiger partial charge < -0.3 is 20.1 Å². The Labute approximate surface area is 269 Å². The van der Waals surface area contributed by atoms with E-state index in [0.29, 0.717) is 5.56 Å². The van der Waals surface area contributed by atoms with Gasteiger partial charge in [-0.2, -0.15) is 0 Å². The maximum absolute atomic E-state index is 11.4. The van der Waals surface area contributed by atoms with Gasteiger partial charge in [0.2, 0.25) is 5.91 Å². The Bertz CT molecular complexity index is 1730. The highest BCUT2D eigenvalue weighted by Gasteiger charge is 2.39. The molecule has 0 aliphatic carbocycles. The zero-order valence-electron chi connectivity index (χ0n) is 24.4. The van der Waals surface area contributed by atoms with Crippen molar-refractivity contribution < 1.29 is 19.9 Å². The third-order valence-electron chi connectivity index (χ3n) is 7.19. The Kier molecular flexibility index (Phi) is 11.6. The number of rotatable bonds is 11. The molecule has 1 aromatic heterocycles. The second kappa shape index (κ2) is 16.0. The van der Waals surface area contributed by atoms with Crippen molar-refractivity contribution in [3.05, 3.63) is 176 Å². The predicted molar refractivity (Wildman–Crippen MR) is 173 cm³/mol. The Hall–Kier alpha value is -5.52. The lowest BCUT2D eigenvalue weighted by Gasteiger charge is -2.37. The van der Waals surface area contributed by atoms with Crippen LogP contribution in [0, 0.1) is 10.1 Å². The van der Waals surface area contributed by atoms with Gasteiger partial charge in [0.15, 0.2) is 0 Å². The minimum absolute atomic E-state index is 0.140. The van der Waals surface area contributed by atoms with Crippen molar-refractivity contribution in [1.29, 1.82) is 0 Å². The van der Waals surface area contributed by atoms with Crippen LogP contribution < -0.4 is 5.32 Å². The monoisotopic (exact) mass is 639 g/mol. The van der Waals surface area contributed by atoms with Crippen LogP contribution in [0.15, 0.2) is 133 Å². The molecular weight excluding hydrogens is 610 g/mol. The number of nitrogens with zero attached hydrogens (tertiary/aromatic N) is 6. The number of aliphatic hydroxyl groups excluding tert-OH is 2. The highest BCUT2D eigenvalue weighted by Crippen LogP contribution is 2.43. The number of nitrogens with one attached hydrogen (secondary N) is 1. The number of aliphatic hydroxyl groups is 2. The van der Waals surface area contributed by atoms with E-state index in [0.717, 1.165) is 21.7 Å². The maximum atomic E-state index is 11.4. The number of azide groups is 1. The molecular formula is C33H30ClN7O5. The summed E-state index contributed by atoms with van der Waals surface area (Å²) in [5, 5.41) is 35.8. The van der Waals surface area contributed by atoms with Crippen LogP contribution in [0.25, 0.3) is 10.4 Å². The fourth-order valence-electron chi connectivity index (χ4n) is 5.08. The zero-order chi connectivity index (χ0) is 32.9. The van der Waals surface area contributed by atoms with Gasteiger partial charge in [0.1, 0.15) is 18.2 Å². The molecule has 0 saturated carbocycles. The fraction of sp³-hybridized carbons (Fsp3) is 0.152. The number of aromatic nitrogens is 2. The molecule has 1 amide bonds. The Morgan fingerprint density at radius 2 is 1.59 bits per heavy atom. The summed E-state index contributed by atoms with van der Waals surface area (Å²) in [4.78, 5) is 28.0.